The van der Waals surface area contributed by atoms with Gasteiger partial charge in [0, 0.05) is 0 Å². The van der Waals surface area contributed by atoms with Gasteiger partial charge < -0.3 is 9.94 Å². The third kappa shape index (κ3) is 2.04. The van der Waals surface area contributed by atoms with Crippen LogP contribution in [0.1, 0.15) is 17.2 Å². The van der Waals surface area contributed by atoms with Gasteiger partial charge in [-0.15, -0.1) is 5.10 Å². The van der Waals surface area contributed by atoms with Crippen LogP contribution in [0.2, 0.25) is 0 Å². The van der Waals surface area contributed by atoms with E-state index >= 15 is 0 Å². The van der Waals surface area contributed by atoms with E-state index < -0.39 is 6.10 Å². The van der Waals surface area contributed by atoms with Gasteiger partial charge in [-0.2, -0.15) is 0 Å². The maximum Gasteiger partial charge on any atom is 0.131 e. The monoisotopic (exact) mass is 255 g/mol. The number of fused-ring (bicyclic) bond motifs is 1. The topological polar surface area (TPSA) is 60.2 Å². The third-order valence-electron chi connectivity index (χ3n) is 3.04. The molecule has 1 unspecified atom stereocenters. The molecular formula is C14H13N3O2. The zero-order valence-corrected chi connectivity index (χ0v) is 10.4. The molecule has 0 fully saturated rings. The Morgan fingerprint density at radius 1 is 1.11 bits per heavy atom. The summed E-state index contributed by atoms with van der Waals surface area (Å²) >= 11 is 0. The number of benzene rings is 2. The van der Waals surface area contributed by atoms with E-state index in [1.54, 1.807) is 0 Å². The van der Waals surface area contributed by atoms with Crippen LogP contribution >= 0.6 is 0 Å². The molecule has 0 bridgehead atoms. The van der Waals surface area contributed by atoms with Gasteiger partial charge in [0.05, 0.1) is 0 Å². The number of aliphatic hydroxyl groups is 1. The van der Waals surface area contributed by atoms with Gasteiger partial charge in [-0.05, 0) is 28.5 Å². The van der Waals surface area contributed by atoms with Crippen LogP contribution in [0.25, 0.3) is 11.0 Å². The first-order valence-electron chi connectivity index (χ1n) is 5.92. The number of rotatable bonds is 3. The van der Waals surface area contributed by atoms with Crippen LogP contribution in [-0.4, -0.2) is 27.4 Å². The van der Waals surface area contributed by atoms with Crippen molar-refractivity contribution < 1.29 is 9.94 Å². The van der Waals surface area contributed by atoms with Crippen LogP contribution in [-0.2, 0) is 0 Å². The molecule has 3 aromatic rings. The molecule has 0 saturated heterocycles. The third-order valence-corrected chi connectivity index (χ3v) is 3.04. The lowest BCUT2D eigenvalue weighted by atomic mass is 10.0. The van der Waals surface area contributed by atoms with E-state index in [9.17, 15) is 5.11 Å². The molecule has 5 heteroatoms. The molecule has 1 aromatic heterocycles. The molecule has 5 nitrogen and oxygen atoms in total. The first kappa shape index (κ1) is 11.7. The van der Waals surface area contributed by atoms with Gasteiger partial charge in [-0.3, -0.25) is 0 Å². The number of aliphatic hydroxyl groups excluding tert-OH is 1. The van der Waals surface area contributed by atoms with E-state index in [0.717, 1.165) is 22.2 Å². The Labute approximate surface area is 110 Å². The first-order chi connectivity index (χ1) is 9.29. The summed E-state index contributed by atoms with van der Waals surface area (Å²) in [5.41, 5.74) is 3.08. The van der Waals surface area contributed by atoms with Crippen molar-refractivity contribution in [1.29, 1.82) is 0 Å². The maximum atomic E-state index is 10.4. The van der Waals surface area contributed by atoms with Crippen LogP contribution < -0.4 is 4.84 Å². The first-order valence-corrected chi connectivity index (χ1v) is 5.92. The molecule has 1 heterocycles. The fraction of sp³-hybridized carbons (Fsp3) is 0.143. The van der Waals surface area contributed by atoms with Gasteiger partial charge in [-0.25, -0.2) is 0 Å². The summed E-state index contributed by atoms with van der Waals surface area (Å²) in [5.74, 6) is 0. The lowest BCUT2D eigenvalue weighted by Crippen LogP contribution is -2.07. The molecule has 0 aliphatic rings. The van der Waals surface area contributed by atoms with Crippen molar-refractivity contribution >= 4 is 11.0 Å². The number of nitrogens with zero attached hydrogens (tertiary/aromatic N) is 3. The molecule has 1 atom stereocenters. The highest BCUT2D eigenvalue weighted by Gasteiger charge is 2.13. The van der Waals surface area contributed by atoms with Gasteiger partial charge in [0.2, 0.25) is 0 Å². The van der Waals surface area contributed by atoms with Crippen LogP contribution in [0.15, 0.2) is 48.5 Å². The molecule has 96 valence electrons. The standard InChI is InChI=1S/C14H13N3O2/c1-19-17-13-9-11(7-8-12(13)15-16-17)14(18)10-5-3-2-4-6-10/h2-9,14,18H,1H3. The Morgan fingerprint density at radius 2 is 1.89 bits per heavy atom. The Bertz CT molecular complexity index is 694. The second-order valence-electron chi connectivity index (χ2n) is 4.21. The second kappa shape index (κ2) is 4.70. The van der Waals surface area contributed by atoms with Crippen molar-refractivity contribution in [3.05, 3.63) is 59.7 Å². The van der Waals surface area contributed by atoms with Crippen molar-refractivity contribution in [2.24, 2.45) is 0 Å². The average Bonchev–Trinajstić information content (AvgIpc) is 2.89. The van der Waals surface area contributed by atoms with E-state index in [4.69, 9.17) is 4.84 Å². The zero-order chi connectivity index (χ0) is 13.2. The largest absolute Gasteiger partial charge is 0.398 e. The number of hydrogen-bond donors (Lipinski definition) is 1. The predicted octanol–water partition coefficient (Wildman–Crippen LogP) is 1.57. The molecule has 0 saturated carbocycles. The molecule has 0 radical (unpaired) electrons. The summed E-state index contributed by atoms with van der Waals surface area (Å²) in [6.07, 6.45) is -0.675. The maximum absolute atomic E-state index is 10.4. The Morgan fingerprint density at radius 3 is 2.63 bits per heavy atom. The summed E-state index contributed by atoms with van der Waals surface area (Å²) in [6, 6.07) is 15.0. The van der Waals surface area contributed by atoms with Crippen molar-refractivity contribution in [1.82, 2.24) is 15.2 Å². The highest BCUT2D eigenvalue weighted by molar-refractivity contribution is 5.75. The fourth-order valence-corrected chi connectivity index (χ4v) is 2.05. The molecule has 0 aliphatic heterocycles. The lowest BCUT2D eigenvalue weighted by molar-refractivity contribution is 0.139. The number of hydrogen-bond acceptors (Lipinski definition) is 4. The second-order valence-corrected chi connectivity index (χ2v) is 4.21. The van der Waals surface area contributed by atoms with Gasteiger partial charge in [0.15, 0.2) is 0 Å². The molecule has 1 N–H and O–H groups in total. The van der Waals surface area contributed by atoms with Gasteiger partial charge in [0.25, 0.3) is 0 Å². The molecule has 0 amide bonds. The smallest absolute Gasteiger partial charge is 0.131 e. The van der Waals surface area contributed by atoms with E-state index in [0.29, 0.717) is 0 Å². The van der Waals surface area contributed by atoms with E-state index in [1.807, 2.05) is 48.5 Å². The van der Waals surface area contributed by atoms with Crippen LogP contribution in [0.4, 0.5) is 0 Å². The minimum Gasteiger partial charge on any atom is -0.398 e. The van der Waals surface area contributed by atoms with Crippen molar-refractivity contribution in [3.8, 4) is 0 Å². The predicted molar refractivity (Wildman–Crippen MR) is 70.5 cm³/mol. The van der Waals surface area contributed by atoms with Crippen molar-refractivity contribution in [3.63, 3.8) is 0 Å². The SMILES string of the molecule is COn1nnc2ccc(C(O)c3ccccc3)cc21. The number of aromatic nitrogens is 3. The van der Waals surface area contributed by atoms with E-state index in [1.165, 1.54) is 12.0 Å². The minimum absolute atomic E-state index is 0.675. The van der Waals surface area contributed by atoms with E-state index in [2.05, 4.69) is 10.3 Å². The van der Waals surface area contributed by atoms with Gasteiger partial charge >= 0.3 is 0 Å². The summed E-state index contributed by atoms with van der Waals surface area (Å²) in [7, 11) is 1.52. The van der Waals surface area contributed by atoms with Gasteiger partial charge in [-0.1, -0.05) is 41.2 Å². The van der Waals surface area contributed by atoms with Crippen LogP contribution in [0.5, 0.6) is 0 Å². The van der Waals surface area contributed by atoms with Crippen LogP contribution in [0, 0.1) is 0 Å². The quantitative estimate of drug-likeness (QED) is 0.771. The highest BCUT2D eigenvalue weighted by atomic mass is 16.7. The highest BCUT2D eigenvalue weighted by Crippen LogP contribution is 2.24. The molecule has 2 aromatic carbocycles. The van der Waals surface area contributed by atoms with Crippen LogP contribution in [0.3, 0.4) is 0 Å². The lowest BCUT2D eigenvalue weighted by Gasteiger charge is -2.11. The summed E-state index contributed by atoms with van der Waals surface area (Å²) in [5, 5.41) is 18.2. The zero-order valence-electron chi connectivity index (χ0n) is 10.4. The van der Waals surface area contributed by atoms with E-state index in [-0.39, 0.29) is 0 Å². The normalized spacial score (nSPS) is 12.5. The van der Waals surface area contributed by atoms with Crippen molar-refractivity contribution in [2.45, 2.75) is 6.10 Å². The Kier molecular flexibility index (Phi) is 2.89. The molecular weight excluding hydrogens is 242 g/mol. The summed E-state index contributed by atoms with van der Waals surface area (Å²) in [4.78, 5) is 6.40. The Hall–Kier alpha value is -2.40. The fourth-order valence-electron chi connectivity index (χ4n) is 2.05. The van der Waals surface area contributed by atoms with Crippen molar-refractivity contribution in [2.75, 3.05) is 7.11 Å². The molecule has 19 heavy (non-hydrogen) atoms. The summed E-state index contributed by atoms with van der Waals surface area (Å²) in [6.45, 7) is 0. The average molecular weight is 255 g/mol. The molecule has 0 aliphatic carbocycles. The molecule has 3 rings (SSSR count). The Balaban J connectivity index is 2.05. The van der Waals surface area contributed by atoms with Gasteiger partial charge in [0.1, 0.15) is 24.2 Å². The minimum atomic E-state index is -0.675. The summed E-state index contributed by atoms with van der Waals surface area (Å²) < 4.78 is 0. The molecule has 0 spiro atoms.